The van der Waals surface area contributed by atoms with Gasteiger partial charge in [-0.15, -0.1) is 0 Å². The minimum Gasteiger partial charge on any atom is -0.375 e. The van der Waals surface area contributed by atoms with Crippen molar-refractivity contribution in [3.63, 3.8) is 0 Å². The number of hydrogen-bond donors (Lipinski definition) is 2. The van der Waals surface area contributed by atoms with Gasteiger partial charge in [-0.3, -0.25) is 9.59 Å². The topological polar surface area (TPSA) is 70.7 Å². The molecule has 0 aliphatic carbocycles. The second-order valence-corrected chi connectivity index (χ2v) is 5.62. The third-order valence-electron chi connectivity index (χ3n) is 3.67. The number of rotatable bonds is 4. The Morgan fingerprint density at radius 1 is 1.32 bits per heavy atom. The second kappa shape index (κ2) is 7.38. The summed E-state index contributed by atoms with van der Waals surface area (Å²) in [4.78, 5) is 25.5. The molecule has 1 saturated heterocycles. The zero-order valence-electron chi connectivity index (χ0n) is 13.3. The first-order chi connectivity index (χ1) is 10.5. The van der Waals surface area contributed by atoms with Crippen molar-refractivity contribution in [3.8, 4) is 0 Å². The summed E-state index contributed by atoms with van der Waals surface area (Å²) in [6.07, 6.45) is -0.131. The number of carbonyl (C=O) groups excluding carboxylic acids is 2. The van der Waals surface area contributed by atoms with Crippen LogP contribution >= 0.6 is 0 Å². The summed E-state index contributed by atoms with van der Waals surface area (Å²) in [5, 5.41) is 6.05. The van der Waals surface area contributed by atoms with Crippen LogP contribution in [0.4, 0.5) is 0 Å². The van der Waals surface area contributed by atoms with Crippen LogP contribution in [0.3, 0.4) is 0 Å². The Bertz CT molecular complexity index is 528. The van der Waals surface area contributed by atoms with Crippen molar-refractivity contribution >= 4 is 11.8 Å². The predicted octanol–water partition coefficient (Wildman–Crippen LogP) is 0.382. The fraction of sp³-hybridized carbons (Fsp3) is 0.500. The third-order valence-corrected chi connectivity index (χ3v) is 3.67. The van der Waals surface area contributed by atoms with Crippen LogP contribution in [-0.4, -0.2) is 56.1 Å². The molecule has 0 spiro atoms. The fourth-order valence-electron chi connectivity index (χ4n) is 2.35. The lowest BCUT2D eigenvalue weighted by atomic mass is 10.1. The summed E-state index contributed by atoms with van der Waals surface area (Å²) in [6, 6.07) is 6.93. The minimum atomic E-state index is -0.316. The van der Waals surface area contributed by atoms with E-state index in [0.717, 1.165) is 5.56 Å². The maximum Gasteiger partial charge on any atom is 0.253 e. The van der Waals surface area contributed by atoms with E-state index in [0.29, 0.717) is 25.3 Å². The van der Waals surface area contributed by atoms with Gasteiger partial charge in [-0.05, 0) is 24.6 Å². The monoisotopic (exact) mass is 305 g/mol. The van der Waals surface area contributed by atoms with Gasteiger partial charge in [-0.25, -0.2) is 0 Å². The van der Waals surface area contributed by atoms with E-state index in [2.05, 4.69) is 10.6 Å². The van der Waals surface area contributed by atoms with Crippen molar-refractivity contribution < 1.29 is 14.3 Å². The van der Waals surface area contributed by atoms with E-state index >= 15 is 0 Å². The predicted molar refractivity (Wildman–Crippen MR) is 83.5 cm³/mol. The summed E-state index contributed by atoms with van der Waals surface area (Å²) in [5.41, 5.74) is 1.59. The van der Waals surface area contributed by atoms with Crippen LogP contribution < -0.4 is 10.6 Å². The smallest absolute Gasteiger partial charge is 0.253 e. The number of hydrogen-bond acceptors (Lipinski definition) is 4. The Labute approximate surface area is 130 Å². The SMILES string of the molecule is C[C@H]1OCCN[C@@H]1C(=O)NCc1ccc(C(=O)N(C)C)cc1. The highest BCUT2D eigenvalue weighted by molar-refractivity contribution is 5.93. The Kier molecular flexibility index (Phi) is 5.51. The molecule has 2 atom stereocenters. The van der Waals surface area contributed by atoms with Crippen LogP contribution in [-0.2, 0) is 16.1 Å². The first kappa shape index (κ1) is 16.5. The van der Waals surface area contributed by atoms with E-state index in [4.69, 9.17) is 4.74 Å². The molecule has 0 unspecified atom stereocenters. The van der Waals surface area contributed by atoms with Gasteiger partial charge in [0.2, 0.25) is 5.91 Å². The molecule has 6 nitrogen and oxygen atoms in total. The Hall–Kier alpha value is -1.92. The van der Waals surface area contributed by atoms with E-state index < -0.39 is 0 Å². The lowest BCUT2D eigenvalue weighted by Gasteiger charge is -2.29. The number of ether oxygens (including phenoxy) is 1. The number of morpholine rings is 1. The molecule has 1 fully saturated rings. The average molecular weight is 305 g/mol. The number of carbonyl (C=O) groups is 2. The highest BCUT2D eigenvalue weighted by Crippen LogP contribution is 2.08. The molecule has 0 aromatic heterocycles. The van der Waals surface area contributed by atoms with Gasteiger partial charge < -0.3 is 20.3 Å². The zero-order valence-corrected chi connectivity index (χ0v) is 13.3. The van der Waals surface area contributed by atoms with Crippen LogP contribution in [0.2, 0.25) is 0 Å². The largest absolute Gasteiger partial charge is 0.375 e. The molecule has 0 bridgehead atoms. The molecule has 120 valence electrons. The quantitative estimate of drug-likeness (QED) is 0.844. The second-order valence-electron chi connectivity index (χ2n) is 5.62. The molecule has 2 N–H and O–H groups in total. The van der Waals surface area contributed by atoms with Gasteiger partial charge >= 0.3 is 0 Å². The van der Waals surface area contributed by atoms with Crippen LogP contribution in [0, 0.1) is 0 Å². The van der Waals surface area contributed by atoms with Crippen LogP contribution in [0.1, 0.15) is 22.8 Å². The van der Waals surface area contributed by atoms with Crippen LogP contribution in [0.25, 0.3) is 0 Å². The molecule has 0 radical (unpaired) electrons. The van der Waals surface area contributed by atoms with Crippen molar-refractivity contribution in [2.24, 2.45) is 0 Å². The maximum absolute atomic E-state index is 12.1. The molecule has 0 saturated carbocycles. The lowest BCUT2D eigenvalue weighted by molar-refractivity contribution is -0.129. The molecule has 2 rings (SSSR count). The molecular weight excluding hydrogens is 282 g/mol. The zero-order chi connectivity index (χ0) is 16.1. The van der Waals surface area contributed by atoms with Gasteiger partial charge in [0.15, 0.2) is 0 Å². The molecule has 2 amide bonds. The van der Waals surface area contributed by atoms with Crippen LogP contribution in [0.15, 0.2) is 24.3 Å². The summed E-state index contributed by atoms with van der Waals surface area (Å²) in [7, 11) is 3.44. The Morgan fingerprint density at radius 3 is 2.59 bits per heavy atom. The summed E-state index contributed by atoms with van der Waals surface area (Å²) in [6.45, 7) is 3.63. The molecule has 1 aromatic carbocycles. The van der Waals surface area contributed by atoms with Crippen LogP contribution in [0.5, 0.6) is 0 Å². The fourth-order valence-corrected chi connectivity index (χ4v) is 2.35. The first-order valence-corrected chi connectivity index (χ1v) is 7.42. The molecule has 1 aliphatic heterocycles. The van der Waals surface area contributed by atoms with Gasteiger partial charge in [0, 0.05) is 32.7 Å². The lowest BCUT2D eigenvalue weighted by Crippen LogP contribution is -2.55. The standard InChI is InChI=1S/C16H23N3O3/c1-11-14(17-8-9-22-11)15(20)18-10-12-4-6-13(7-5-12)16(21)19(2)3/h4-7,11,14,17H,8-10H2,1-3H3,(H,18,20)/t11-,14+/m1/s1. The molecule has 1 heterocycles. The molecule has 22 heavy (non-hydrogen) atoms. The summed E-state index contributed by atoms with van der Waals surface area (Å²) >= 11 is 0. The summed E-state index contributed by atoms with van der Waals surface area (Å²) < 4.78 is 5.46. The maximum atomic E-state index is 12.1. The van der Waals surface area contributed by atoms with E-state index in [9.17, 15) is 9.59 Å². The Balaban J connectivity index is 1.89. The van der Waals surface area contributed by atoms with Gasteiger partial charge in [-0.1, -0.05) is 12.1 Å². The first-order valence-electron chi connectivity index (χ1n) is 7.42. The van der Waals surface area contributed by atoms with Crippen molar-refractivity contribution in [3.05, 3.63) is 35.4 Å². The summed E-state index contributed by atoms with van der Waals surface area (Å²) in [5.74, 6) is -0.103. The van der Waals surface area contributed by atoms with Crippen molar-refractivity contribution in [1.29, 1.82) is 0 Å². The van der Waals surface area contributed by atoms with Gasteiger partial charge in [0.1, 0.15) is 6.04 Å². The van der Waals surface area contributed by atoms with Crippen molar-refractivity contribution in [1.82, 2.24) is 15.5 Å². The highest BCUT2D eigenvalue weighted by atomic mass is 16.5. The molecule has 1 aromatic rings. The van der Waals surface area contributed by atoms with Gasteiger partial charge in [0.25, 0.3) is 5.91 Å². The van der Waals surface area contributed by atoms with E-state index in [1.54, 1.807) is 26.2 Å². The van der Waals surface area contributed by atoms with Crippen molar-refractivity contribution in [2.75, 3.05) is 27.2 Å². The average Bonchev–Trinajstić information content (AvgIpc) is 2.52. The molecular formula is C16H23N3O3. The third kappa shape index (κ3) is 4.05. The highest BCUT2D eigenvalue weighted by Gasteiger charge is 2.27. The number of benzene rings is 1. The van der Waals surface area contributed by atoms with Gasteiger partial charge in [0.05, 0.1) is 12.7 Å². The van der Waals surface area contributed by atoms with E-state index in [1.807, 2.05) is 19.1 Å². The normalized spacial score (nSPS) is 21.2. The minimum absolute atomic E-state index is 0.0343. The molecule has 6 heteroatoms. The number of nitrogens with one attached hydrogen (secondary N) is 2. The van der Waals surface area contributed by atoms with Gasteiger partial charge in [-0.2, -0.15) is 0 Å². The number of nitrogens with zero attached hydrogens (tertiary/aromatic N) is 1. The van der Waals surface area contributed by atoms with E-state index in [1.165, 1.54) is 4.90 Å². The molecule has 1 aliphatic rings. The van der Waals surface area contributed by atoms with E-state index in [-0.39, 0.29) is 24.0 Å². The Morgan fingerprint density at radius 2 is 2.00 bits per heavy atom. The number of amides is 2. The van der Waals surface area contributed by atoms with Crippen molar-refractivity contribution in [2.45, 2.75) is 25.6 Å².